The van der Waals surface area contributed by atoms with Gasteiger partial charge in [0.2, 0.25) is 0 Å². The molecular formula is C11H8ClN3O4S. The molecule has 0 atom stereocenters. The first-order valence-electron chi connectivity index (χ1n) is 5.38. The highest BCUT2D eigenvalue weighted by Crippen LogP contribution is 2.29. The molecule has 1 heterocycles. The second-order valence-corrected chi connectivity index (χ2v) is 5.35. The van der Waals surface area contributed by atoms with E-state index < -0.39 is 9.85 Å². The molecule has 0 aliphatic carbocycles. The number of nitro benzene ring substituents is 1. The van der Waals surface area contributed by atoms with Crippen LogP contribution < -0.4 is 5.32 Å². The molecule has 2 rings (SSSR count). The van der Waals surface area contributed by atoms with Crippen molar-refractivity contribution < 1.29 is 9.85 Å². The first-order valence-corrected chi connectivity index (χ1v) is 6.58. The van der Waals surface area contributed by atoms with E-state index in [2.05, 4.69) is 5.32 Å². The molecule has 104 valence electrons. The summed E-state index contributed by atoms with van der Waals surface area (Å²) in [7, 11) is 0. The van der Waals surface area contributed by atoms with Crippen molar-refractivity contribution in [3.63, 3.8) is 0 Å². The van der Waals surface area contributed by atoms with Gasteiger partial charge in [0.1, 0.15) is 5.69 Å². The SMILES string of the molecule is O=[N+]([O-])c1ccc(CNc2ccc(Cl)cc2[N+](=O)[O-])s1. The fourth-order valence-electron chi connectivity index (χ4n) is 1.55. The highest BCUT2D eigenvalue weighted by molar-refractivity contribution is 7.15. The van der Waals surface area contributed by atoms with Crippen LogP contribution in [0.15, 0.2) is 30.3 Å². The molecule has 0 saturated heterocycles. The summed E-state index contributed by atoms with van der Waals surface area (Å²) in [6, 6.07) is 7.30. The van der Waals surface area contributed by atoms with Crippen LogP contribution >= 0.6 is 22.9 Å². The van der Waals surface area contributed by atoms with Gasteiger partial charge in [-0.3, -0.25) is 20.2 Å². The van der Waals surface area contributed by atoms with E-state index in [0.29, 0.717) is 10.6 Å². The van der Waals surface area contributed by atoms with Crippen LogP contribution in [0.3, 0.4) is 0 Å². The molecule has 7 nitrogen and oxygen atoms in total. The summed E-state index contributed by atoms with van der Waals surface area (Å²) in [5.74, 6) is 0. The van der Waals surface area contributed by atoms with Crippen LogP contribution in [0.4, 0.5) is 16.4 Å². The Morgan fingerprint density at radius 1 is 1.15 bits per heavy atom. The smallest absolute Gasteiger partial charge is 0.324 e. The lowest BCUT2D eigenvalue weighted by atomic mass is 10.2. The number of nitrogens with zero attached hydrogens (tertiary/aromatic N) is 2. The van der Waals surface area contributed by atoms with E-state index in [4.69, 9.17) is 11.6 Å². The van der Waals surface area contributed by atoms with Crippen molar-refractivity contribution in [1.82, 2.24) is 0 Å². The molecule has 0 saturated carbocycles. The van der Waals surface area contributed by atoms with Gasteiger partial charge in [0, 0.05) is 28.6 Å². The van der Waals surface area contributed by atoms with Gasteiger partial charge in [0.15, 0.2) is 0 Å². The lowest BCUT2D eigenvalue weighted by Crippen LogP contribution is -2.01. The Hall–Kier alpha value is -2.19. The van der Waals surface area contributed by atoms with Crippen LogP contribution in [0.25, 0.3) is 0 Å². The van der Waals surface area contributed by atoms with E-state index in [1.807, 2.05) is 0 Å². The van der Waals surface area contributed by atoms with Crippen molar-refractivity contribution in [3.05, 3.63) is 60.5 Å². The molecule has 0 bridgehead atoms. The first kappa shape index (κ1) is 14.2. The average molecular weight is 314 g/mol. The molecule has 0 unspecified atom stereocenters. The number of thiophene rings is 1. The Labute approximate surface area is 122 Å². The van der Waals surface area contributed by atoms with Crippen molar-refractivity contribution in [3.8, 4) is 0 Å². The highest BCUT2D eigenvalue weighted by atomic mass is 35.5. The summed E-state index contributed by atoms with van der Waals surface area (Å²) in [6.45, 7) is 0.265. The molecular weight excluding hydrogens is 306 g/mol. The second-order valence-electron chi connectivity index (χ2n) is 3.77. The zero-order chi connectivity index (χ0) is 14.7. The number of benzene rings is 1. The zero-order valence-electron chi connectivity index (χ0n) is 9.91. The molecule has 0 aliphatic rings. The number of rotatable bonds is 5. The molecule has 2 aromatic rings. The van der Waals surface area contributed by atoms with E-state index in [-0.39, 0.29) is 22.3 Å². The van der Waals surface area contributed by atoms with Crippen LogP contribution in [0.1, 0.15) is 4.88 Å². The monoisotopic (exact) mass is 313 g/mol. The van der Waals surface area contributed by atoms with Crippen LogP contribution in [0, 0.1) is 20.2 Å². The van der Waals surface area contributed by atoms with Gasteiger partial charge in [-0.25, -0.2) is 0 Å². The Morgan fingerprint density at radius 3 is 2.50 bits per heavy atom. The summed E-state index contributed by atoms with van der Waals surface area (Å²) in [4.78, 5) is 21.2. The Balaban J connectivity index is 2.14. The quantitative estimate of drug-likeness (QED) is 0.668. The minimum Gasteiger partial charge on any atom is -0.375 e. The van der Waals surface area contributed by atoms with Gasteiger partial charge in [-0.15, -0.1) is 0 Å². The van der Waals surface area contributed by atoms with Gasteiger partial charge in [-0.1, -0.05) is 22.9 Å². The van der Waals surface area contributed by atoms with E-state index in [9.17, 15) is 20.2 Å². The van der Waals surface area contributed by atoms with Gasteiger partial charge in [-0.2, -0.15) is 0 Å². The summed E-state index contributed by atoms with van der Waals surface area (Å²) in [5.41, 5.74) is 0.180. The number of halogens is 1. The molecule has 0 aliphatic heterocycles. The van der Waals surface area contributed by atoms with Crippen molar-refractivity contribution in [2.45, 2.75) is 6.54 Å². The molecule has 0 amide bonds. The Bertz CT molecular complexity index is 673. The molecule has 0 spiro atoms. The predicted molar refractivity (Wildman–Crippen MR) is 76.4 cm³/mol. The molecule has 1 N–H and O–H groups in total. The van der Waals surface area contributed by atoms with E-state index in [0.717, 1.165) is 11.3 Å². The number of nitro groups is 2. The van der Waals surface area contributed by atoms with Crippen molar-refractivity contribution in [2.24, 2.45) is 0 Å². The van der Waals surface area contributed by atoms with Crippen LogP contribution in [0.2, 0.25) is 5.02 Å². The third-order valence-electron chi connectivity index (χ3n) is 2.44. The van der Waals surface area contributed by atoms with Crippen molar-refractivity contribution in [1.29, 1.82) is 0 Å². The molecule has 0 radical (unpaired) electrons. The van der Waals surface area contributed by atoms with E-state index >= 15 is 0 Å². The molecule has 20 heavy (non-hydrogen) atoms. The molecule has 1 aromatic heterocycles. The lowest BCUT2D eigenvalue weighted by molar-refractivity contribution is -0.384. The summed E-state index contributed by atoms with van der Waals surface area (Å²) < 4.78 is 0. The Morgan fingerprint density at radius 2 is 1.90 bits per heavy atom. The average Bonchev–Trinajstić information content (AvgIpc) is 2.86. The molecule has 1 aromatic carbocycles. The first-order chi connectivity index (χ1) is 9.47. The maximum atomic E-state index is 10.9. The fourth-order valence-corrected chi connectivity index (χ4v) is 2.47. The lowest BCUT2D eigenvalue weighted by Gasteiger charge is -2.05. The van der Waals surface area contributed by atoms with Gasteiger partial charge >= 0.3 is 5.00 Å². The van der Waals surface area contributed by atoms with Gasteiger partial charge < -0.3 is 5.32 Å². The third-order valence-corrected chi connectivity index (χ3v) is 3.71. The van der Waals surface area contributed by atoms with Gasteiger partial charge in [0.05, 0.1) is 9.85 Å². The van der Waals surface area contributed by atoms with Crippen molar-refractivity contribution >= 4 is 39.3 Å². The predicted octanol–water partition coefficient (Wildman–Crippen LogP) is 3.83. The number of hydrogen-bond donors (Lipinski definition) is 1. The highest BCUT2D eigenvalue weighted by Gasteiger charge is 2.15. The third kappa shape index (κ3) is 3.22. The normalized spacial score (nSPS) is 10.2. The van der Waals surface area contributed by atoms with E-state index in [1.54, 1.807) is 6.07 Å². The number of anilines is 1. The van der Waals surface area contributed by atoms with Crippen molar-refractivity contribution in [2.75, 3.05) is 5.32 Å². The largest absolute Gasteiger partial charge is 0.375 e. The maximum absolute atomic E-state index is 10.9. The summed E-state index contributed by atoms with van der Waals surface area (Å²) >= 11 is 6.73. The fraction of sp³-hybridized carbons (Fsp3) is 0.0909. The number of nitrogens with one attached hydrogen (secondary N) is 1. The number of hydrogen-bond acceptors (Lipinski definition) is 6. The van der Waals surface area contributed by atoms with Crippen LogP contribution in [0.5, 0.6) is 0 Å². The topological polar surface area (TPSA) is 98.3 Å². The molecule has 9 heteroatoms. The van der Waals surface area contributed by atoms with Gasteiger partial charge in [-0.05, 0) is 18.2 Å². The van der Waals surface area contributed by atoms with Gasteiger partial charge in [0.25, 0.3) is 5.69 Å². The van der Waals surface area contributed by atoms with Crippen LogP contribution in [-0.2, 0) is 6.54 Å². The Kier molecular flexibility index (Phi) is 4.16. The summed E-state index contributed by atoms with van der Waals surface area (Å²) in [6.07, 6.45) is 0. The minimum atomic E-state index is -0.537. The standard InChI is InChI=1S/C11H8ClN3O4S/c12-7-1-3-9(10(5-7)14(16)17)13-6-8-2-4-11(20-8)15(18)19/h1-5,13H,6H2. The zero-order valence-corrected chi connectivity index (χ0v) is 11.5. The van der Waals surface area contributed by atoms with E-state index in [1.165, 1.54) is 24.3 Å². The molecule has 0 fully saturated rings. The second kappa shape index (κ2) is 5.85. The summed E-state index contributed by atoms with van der Waals surface area (Å²) in [5, 5.41) is 24.6. The van der Waals surface area contributed by atoms with Crippen LogP contribution in [-0.4, -0.2) is 9.85 Å². The minimum absolute atomic E-state index is 0.0346. The maximum Gasteiger partial charge on any atom is 0.324 e.